The minimum absolute atomic E-state index is 0.327. The summed E-state index contributed by atoms with van der Waals surface area (Å²) < 4.78 is 5.83. The van der Waals surface area contributed by atoms with Crippen molar-refractivity contribution in [3.8, 4) is 0 Å². The minimum Gasteiger partial charge on any atom is -0.482 e. The van der Waals surface area contributed by atoms with Gasteiger partial charge in [-0.1, -0.05) is 85.1 Å². The van der Waals surface area contributed by atoms with Gasteiger partial charge < -0.3 is 9.84 Å². The van der Waals surface area contributed by atoms with E-state index in [9.17, 15) is 5.11 Å². The molecule has 0 aliphatic heterocycles. The third-order valence-electron chi connectivity index (χ3n) is 5.22. The third kappa shape index (κ3) is 3.17. The van der Waals surface area contributed by atoms with Crippen molar-refractivity contribution in [3.05, 3.63) is 102 Å². The van der Waals surface area contributed by atoms with Gasteiger partial charge >= 0.3 is 0 Å². The van der Waals surface area contributed by atoms with E-state index in [1.807, 2.05) is 30.3 Å². The molecule has 0 atom stereocenters. The molecule has 0 aromatic heterocycles. The van der Waals surface area contributed by atoms with Crippen LogP contribution in [0.5, 0.6) is 0 Å². The van der Waals surface area contributed by atoms with Gasteiger partial charge in [0, 0.05) is 0 Å². The molecule has 0 radical (unpaired) electrons. The molecule has 2 heteroatoms. The molecule has 1 aliphatic rings. The van der Waals surface area contributed by atoms with Crippen molar-refractivity contribution in [2.24, 2.45) is 0 Å². The highest BCUT2D eigenvalue weighted by Gasteiger charge is 2.47. The van der Waals surface area contributed by atoms with Crippen LogP contribution in [-0.2, 0) is 11.3 Å². The lowest BCUT2D eigenvalue weighted by molar-refractivity contribution is -0.0629. The highest BCUT2D eigenvalue weighted by atomic mass is 16.5. The Bertz CT molecular complexity index is 962. The van der Waals surface area contributed by atoms with Gasteiger partial charge in [0.05, 0.1) is 0 Å². The van der Waals surface area contributed by atoms with E-state index in [2.05, 4.69) is 54.8 Å². The van der Waals surface area contributed by atoms with E-state index < -0.39 is 5.60 Å². The van der Waals surface area contributed by atoms with Crippen molar-refractivity contribution >= 4 is 10.8 Å². The van der Waals surface area contributed by atoms with E-state index in [0.29, 0.717) is 31.1 Å². The van der Waals surface area contributed by atoms with Gasteiger partial charge in [-0.25, -0.2) is 0 Å². The second-order valence-corrected chi connectivity index (χ2v) is 7.02. The summed E-state index contributed by atoms with van der Waals surface area (Å²) >= 11 is 0. The first-order valence-corrected chi connectivity index (χ1v) is 8.96. The predicted molar refractivity (Wildman–Crippen MR) is 105 cm³/mol. The summed E-state index contributed by atoms with van der Waals surface area (Å²) in [6.07, 6.45) is 1.27. The van der Waals surface area contributed by atoms with Crippen LogP contribution in [0, 0.1) is 0 Å². The summed E-state index contributed by atoms with van der Waals surface area (Å²) in [6.45, 7) is 4.13. The molecular formula is C24H22O2. The van der Waals surface area contributed by atoms with Crippen LogP contribution >= 0.6 is 0 Å². The normalized spacial score (nSPS) is 21.7. The van der Waals surface area contributed by atoms with Crippen molar-refractivity contribution in [2.45, 2.75) is 31.0 Å². The second-order valence-electron chi connectivity index (χ2n) is 7.02. The lowest BCUT2D eigenvalue weighted by Crippen LogP contribution is -2.44. The molecule has 3 aromatic carbocycles. The average molecular weight is 342 g/mol. The first kappa shape index (κ1) is 16.7. The first-order valence-electron chi connectivity index (χ1n) is 8.96. The van der Waals surface area contributed by atoms with Crippen molar-refractivity contribution in [1.82, 2.24) is 0 Å². The predicted octanol–water partition coefficient (Wildman–Crippen LogP) is 5.33. The van der Waals surface area contributed by atoms with Crippen molar-refractivity contribution < 1.29 is 9.84 Å². The highest BCUT2D eigenvalue weighted by molar-refractivity contribution is 5.83. The van der Waals surface area contributed by atoms with Crippen molar-refractivity contribution in [3.63, 3.8) is 0 Å². The zero-order valence-electron chi connectivity index (χ0n) is 14.7. The maximum atomic E-state index is 10.9. The fourth-order valence-electron chi connectivity index (χ4n) is 3.72. The molecule has 4 rings (SSSR count). The zero-order chi connectivity index (χ0) is 18.0. The summed E-state index contributed by atoms with van der Waals surface area (Å²) in [7, 11) is 0. The summed E-state index contributed by atoms with van der Waals surface area (Å²) in [5.74, 6) is 0.784. The number of aliphatic hydroxyl groups is 1. The smallest absolute Gasteiger partial charge is 0.170 e. The Morgan fingerprint density at radius 3 is 2.42 bits per heavy atom. The Labute approximate surface area is 154 Å². The van der Waals surface area contributed by atoms with Crippen LogP contribution in [0.25, 0.3) is 10.8 Å². The van der Waals surface area contributed by atoms with E-state index in [1.54, 1.807) is 0 Å². The van der Waals surface area contributed by atoms with Crippen LogP contribution in [0.1, 0.15) is 29.9 Å². The van der Waals surface area contributed by atoms with Crippen LogP contribution in [0.3, 0.4) is 0 Å². The number of hydrogen-bond acceptors (Lipinski definition) is 2. The van der Waals surface area contributed by atoms with E-state index in [-0.39, 0.29) is 0 Å². The number of benzene rings is 3. The molecule has 130 valence electrons. The van der Waals surface area contributed by atoms with Gasteiger partial charge in [0.1, 0.15) is 12.2 Å². The van der Waals surface area contributed by atoms with Crippen molar-refractivity contribution in [1.29, 1.82) is 0 Å². The molecule has 0 unspecified atom stereocenters. The second kappa shape index (κ2) is 6.84. The molecular weight excluding hydrogens is 320 g/mol. The van der Waals surface area contributed by atoms with Gasteiger partial charge in [-0.3, -0.25) is 0 Å². The molecule has 1 fully saturated rings. The molecule has 0 heterocycles. The zero-order valence-corrected chi connectivity index (χ0v) is 14.7. The first-order chi connectivity index (χ1) is 12.7. The number of hydrogen-bond donors (Lipinski definition) is 1. The Kier molecular flexibility index (Phi) is 4.38. The third-order valence-corrected chi connectivity index (χ3v) is 5.22. The topological polar surface area (TPSA) is 29.5 Å². The molecule has 3 aromatic rings. The Morgan fingerprint density at radius 2 is 1.69 bits per heavy atom. The Hall–Kier alpha value is -2.80. The summed E-state index contributed by atoms with van der Waals surface area (Å²) in [4.78, 5) is 0. The molecule has 1 aliphatic carbocycles. The van der Waals surface area contributed by atoms with Crippen LogP contribution in [0.4, 0.5) is 0 Å². The van der Waals surface area contributed by atoms with Gasteiger partial charge in [0.25, 0.3) is 0 Å². The van der Waals surface area contributed by atoms with Crippen LogP contribution < -0.4 is 0 Å². The van der Waals surface area contributed by atoms with Crippen LogP contribution in [0.15, 0.2) is 90.9 Å². The van der Waals surface area contributed by atoms with Gasteiger partial charge in [-0.15, -0.1) is 0 Å². The lowest BCUT2D eigenvalue weighted by atomic mass is 9.67. The van der Waals surface area contributed by atoms with Crippen LogP contribution in [-0.4, -0.2) is 10.7 Å². The monoisotopic (exact) mass is 342 g/mol. The molecule has 0 bridgehead atoms. The molecule has 1 N–H and O–H groups in total. The van der Waals surface area contributed by atoms with E-state index in [0.717, 1.165) is 5.56 Å². The maximum Gasteiger partial charge on any atom is 0.170 e. The SMILES string of the molecule is C=C=C(OCc1ccccc1)C1(O)CC(c2ccc3ccccc3c2)C1. The van der Waals surface area contributed by atoms with Gasteiger partial charge in [-0.2, -0.15) is 0 Å². The van der Waals surface area contributed by atoms with E-state index >= 15 is 0 Å². The fourth-order valence-corrected chi connectivity index (χ4v) is 3.72. The highest BCUT2D eigenvalue weighted by Crippen LogP contribution is 2.49. The summed E-state index contributed by atoms with van der Waals surface area (Å²) in [6, 6.07) is 24.8. The quantitative estimate of drug-likeness (QED) is 0.501. The molecule has 26 heavy (non-hydrogen) atoms. The molecule has 0 spiro atoms. The maximum absolute atomic E-state index is 10.9. The van der Waals surface area contributed by atoms with Gasteiger partial charge in [0.2, 0.25) is 0 Å². The van der Waals surface area contributed by atoms with Crippen LogP contribution in [0.2, 0.25) is 0 Å². The molecule has 0 amide bonds. The minimum atomic E-state index is -0.965. The fraction of sp³-hybridized carbons (Fsp3) is 0.208. The largest absolute Gasteiger partial charge is 0.482 e. The summed E-state index contributed by atoms with van der Waals surface area (Å²) in [5.41, 5.74) is 4.17. The number of ether oxygens (including phenoxy) is 1. The molecule has 0 saturated heterocycles. The summed E-state index contributed by atoms with van der Waals surface area (Å²) in [5, 5.41) is 13.4. The average Bonchev–Trinajstić information content (AvgIpc) is 2.66. The van der Waals surface area contributed by atoms with E-state index in [4.69, 9.17) is 4.74 Å². The van der Waals surface area contributed by atoms with E-state index in [1.165, 1.54) is 16.3 Å². The Morgan fingerprint density at radius 1 is 1.00 bits per heavy atom. The molecule has 1 saturated carbocycles. The molecule has 2 nitrogen and oxygen atoms in total. The Balaban J connectivity index is 1.44. The standard InChI is InChI=1S/C24H22O2/c1-2-23(26-17-18-8-4-3-5-9-18)24(25)15-22(16-24)21-13-12-19-10-6-7-11-20(19)14-21/h3-14,22,25H,1,15-17H2. The lowest BCUT2D eigenvalue weighted by Gasteiger charge is -2.44. The van der Waals surface area contributed by atoms with Gasteiger partial charge in [-0.05, 0) is 40.7 Å². The number of rotatable bonds is 5. The number of fused-ring (bicyclic) bond motifs is 1. The van der Waals surface area contributed by atoms with Gasteiger partial charge in [0.15, 0.2) is 5.76 Å². The van der Waals surface area contributed by atoms with Crippen molar-refractivity contribution in [2.75, 3.05) is 0 Å².